The fourth-order valence-electron chi connectivity index (χ4n) is 2.27. The second kappa shape index (κ2) is 8.17. The molecule has 4 nitrogen and oxygen atoms in total. The highest BCUT2D eigenvalue weighted by Gasteiger charge is 2.12. The molecule has 0 fully saturated rings. The highest BCUT2D eigenvalue weighted by Crippen LogP contribution is 2.28. The van der Waals surface area contributed by atoms with E-state index in [0.717, 1.165) is 29.8 Å². The highest BCUT2D eigenvalue weighted by molar-refractivity contribution is 7.16. The zero-order chi connectivity index (χ0) is 15.1. The van der Waals surface area contributed by atoms with Crippen molar-refractivity contribution >= 4 is 27.5 Å². The molecule has 0 aromatic carbocycles. The third kappa shape index (κ3) is 4.30. The van der Waals surface area contributed by atoms with E-state index in [1.54, 1.807) is 11.3 Å². The number of hydrogen-bond acceptors (Lipinski definition) is 5. The molecule has 116 valence electrons. The summed E-state index contributed by atoms with van der Waals surface area (Å²) in [5.74, 6) is 1.98. The fourth-order valence-corrected chi connectivity index (χ4v) is 3.02. The first-order valence-corrected chi connectivity index (χ1v) is 8.78. The number of rotatable bonds is 9. The maximum atomic E-state index is 6.03. The predicted octanol–water partition coefficient (Wildman–Crippen LogP) is 4.72. The summed E-state index contributed by atoms with van der Waals surface area (Å²) in [5.41, 5.74) is 0. The molecule has 0 amide bonds. The van der Waals surface area contributed by atoms with Crippen molar-refractivity contribution in [3.8, 4) is 5.88 Å². The average Bonchev–Trinajstić information content (AvgIpc) is 2.96. The average molecular weight is 307 g/mol. The molecule has 0 radical (unpaired) electrons. The van der Waals surface area contributed by atoms with Gasteiger partial charge in [-0.25, -0.2) is 4.98 Å². The minimum atomic E-state index is 0.608. The van der Waals surface area contributed by atoms with Gasteiger partial charge < -0.3 is 10.1 Å². The van der Waals surface area contributed by atoms with Crippen molar-refractivity contribution in [2.45, 2.75) is 46.5 Å². The smallest absolute Gasteiger partial charge is 0.227 e. The van der Waals surface area contributed by atoms with E-state index in [9.17, 15) is 0 Å². The van der Waals surface area contributed by atoms with Crippen LogP contribution in [0.4, 0.5) is 5.95 Å². The molecule has 2 aromatic heterocycles. The van der Waals surface area contributed by atoms with Crippen molar-refractivity contribution in [1.29, 1.82) is 0 Å². The number of aromatic nitrogens is 2. The van der Waals surface area contributed by atoms with Gasteiger partial charge in [0.15, 0.2) is 0 Å². The lowest BCUT2D eigenvalue weighted by Crippen LogP contribution is -2.13. The van der Waals surface area contributed by atoms with E-state index in [4.69, 9.17) is 4.74 Å². The minimum absolute atomic E-state index is 0.608. The van der Waals surface area contributed by atoms with Crippen LogP contribution >= 0.6 is 11.3 Å². The SMILES string of the molecule is CCCCC(CC)COc1nc(NCC)nc2sccc12. The van der Waals surface area contributed by atoms with Crippen molar-refractivity contribution < 1.29 is 4.74 Å². The highest BCUT2D eigenvalue weighted by atomic mass is 32.1. The largest absolute Gasteiger partial charge is 0.477 e. The molecule has 0 spiro atoms. The third-order valence-corrected chi connectivity index (χ3v) is 4.43. The lowest BCUT2D eigenvalue weighted by Gasteiger charge is -2.15. The Hall–Kier alpha value is -1.36. The van der Waals surface area contributed by atoms with Crippen LogP contribution in [0.15, 0.2) is 11.4 Å². The Morgan fingerprint density at radius 3 is 2.86 bits per heavy atom. The molecule has 2 rings (SSSR count). The number of ether oxygens (including phenoxy) is 1. The van der Waals surface area contributed by atoms with Gasteiger partial charge in [-0.15, -0.1) is 11.3 Å². The van der Waals surface area contributed by atoms with Crippen LogP contribution in [0, 0.1) is 5.92 Å². The van der Waals surface area contributed by atoms with Gasteiger partial charge in [-0.3, -0.25) is 0 Å². The van der Waals surface area contributed by atoms with Gasteiger partial charge in [0.25, 0.3) is 0 Å². The van der Waals surface area contributed by atoms with Gasteiger partial charge in [0.2, 0.25) is 11.8 Å². The van der Waals surface area contributed by atoms with Gasteiger partial charge in [-0.2, -0.15) is 4.98 Å². The summed E-state index contributed by atoms with van der Waals surface area (Å²) in [6, 6.07) is 2.04. The summed E-state index contributed by atoms with van der Waals surface area (Å²) in [4.78, 5) is 9.99. The van der Waals surface area contributed by atoms with E-state index in [1.807, 2.05) is 18.4 Å². The summed E-state index contributed by atoms with van der Waals surface area (Å²) in [6.07, 6.45) is 4.88. The van der Waals surface area contributed by atoms with Crippen molar-refractivity contribution in [1.82, 2.24) is 9.97 Å². The van der Waals surface area contributed by atoms with Crippen LogP contribution in [-0.2, 0) is 0 Å². The molecule has 1 atom stereocenters. The van der Waals surface area contributed by atoms with E-state index >= 15 is 0 Å². The van der Waals surface area contributed by atoms with E-state index in [0.29, 0.717) is 17.7 Å². The normalized spacial score (nSPS) is 12.5. The Labute approximate surface area is 131 Å². The van der Waals surface area contributed by atoms with Crippen LogP contribution in [0.2, 0.25) is 0 Å². The molecule has 21 heavy (non-hydrogen) atoms. The maximum Gasteiger partial charge on any atom is 0.227 e. The van der Waals surface area contributed by atoms with Crippen molar-refractivity contribution in [2.75, 3.05) is 18.5 Å². The lowest BCUT2D eigenvalue weighted by atomic mass is 10.0. The molecule has 0 saturated heterocycles. The van der Waals surface area contributed by atoms with Gasteiger partial charge in [-0.1, -0.05) is 33.1 Å². The van der Waals surface area contributed by atoms with Crippen molar-refractivity contribution in [2.24, 2.45) is 5.92 Å². The van der Waals surface area contributed by atoms with E-state index in [1.165, 1.54) is 19.3 Å². The number of thiophene rings is 1. The number of nitrogens with one attached hydrogen (secondary N) is 1. The van der Waals surface area contributed by atoms with Crippen LogP contribution in [0.1, 0.15) is 46.5 Å². The molecule has 2 aromatic rings. The number of anilines is 1. The van der Waals surface area contributed by atoms with Gasteiger partial charge in [0.05, 0.1) is 12.0 Å². The molecule has 1 unspecified atom stereocenters. The molecular formula is C16H25N3OS. The Bertz CT molecular complexity index is 555. The summed E-state index contributed by atoms with van der Waals surface area (Å²) >= 11 is 1.62. The summed E-state index contributed by atoms with van der Waals surface area (Å²) < 4.78 is 6.03. The standard InChI is InChI=1S/C16H25N3OS/c1-4-7-8-12(5-2)11-20-14-13-9-10-21-15(13)19-16(18-14)17-6-3/h9-10,12H,4-8,11H2,1-3H3,(H,17,18,19). The number of unbranched alkanes of at least 4 members (excludes halogenated alkanes) is 1. The van der Waals surface area contributed by atoms with Crippen LogP contribution < -0.4 is 10.1 Å². The van der Waals surface area contributed by atoms with E-state index in [2.05, 4.69) is 29.1 Å². The monoisotopic (exact) mass is 307 g/mol. The molecule has 2 heterocycles. The first-order chi connectivity index (χ1) is 10.3. The summed E-state index contributed by atoms with van der Waals surface area (Å²) in [7, 11) is 0. The Kier molecular flexibility index (Phi) is 6.23. The van der Waals surface area contributed by atoms with Crippen LogP contribution in [0.3, 0.4) is 0 Å². The van der Waals surface area contributed by atoms with E-state index in [-0.39, 0.29) is 0 Å². The number of nitrogens with zero attached hydrogens (tertiary/aromatic N) is 2. The maximum absolute atomic E-state index is 6.03. The van der Waals surface area contributed by atoms with Gasteiger partial charge in [0.1, 0.15) is 4.83 Å². The summed E-state index contributed by atoms with van der Waals surface area (Å²) in [5, 5.41) is 6.23. The molecule has 0 aliphatic carbocycles. The Morgan fingerprint density at radius 2 is 2.14 bits per heavy atom. The van der Waals surface area contributed by atoms with Crippen LogP contribution in [0.25, 0.3) is 10.2 Å². The predicted molar refractivity (Wildman–Crippen MR) is 90.4 cm³/mol. The second-order valence-electron chi connectivity index (χ2n) is 5.25. The quantitative estimate of drug-likeness (QED) is 0.728. The van der Waals surface area contributed by atoms with Gasteiger partial charge in [-0.05, 0) is 30.7 Å². The topological polar surface area (TPSA) is 47.0 Å². The van der Waals surface area contributed by atoms with E-state index < -0.39 is 0 Å². The zero-order valence-corrected chi connectivity index (χ0v) is 14.0. The third-order valence-electron chi connectivity index (χ3n) is 3.62. The Morgan fingerprint density at radius 1 is 1.29 bits per heavy atom. The van der Waals surface area contributed by atoms with Crippen LogP contribution in [-0.4, -0.2) is 23.1 Å². The molecule has 0 saturated carbocycles. The molecule has 5 heteroatoms. The zero-order valence-electron chi connectivity index (χ0n) is 13.2. The first kappa shape index (κ1) is 16.0. The Balaban J connectivity index is 2.10. The molecule has 0 aliphatic rings. The minimum Gasteiger partial charge on any atom is -0.477 e. The summed E-state index contributed by atoms with van der Waals surface area (Å²) in [6.45, 7) is 8.05. The van der Waals surface area contributed by atoms with Crippen molar-refractivity contribution in [3.63, 3.8) is 0 Å². The molecule has 0 aliphatic heterocycles. The molecule has 0 bridgehead atoms. The number of fused-ring (bicyclic) bond motifs is 1. The van der Waals surface area contributed by atoms with Crippen molar-refractivity contribution in [3.05, 3.63) is 11.4 Å². The van der Waals surface area contributed by atoms with Gasteiger partial charge >= 0.3 is 0 Å². The first-order valence-electron chi connectivity index (χ1n) is 7.90. The van der Waals surface area contributed by atoms with Crippen LogP contribution in [0.5, 0.6) is 5.88 Å². The fraction of sp³-hybridized carbons (Fsp3) is 0.625. The lowest BCUT2D eigenvalue weighted by molar-refractivity contribution is 0.228. The molecule has 1 N–H and O–H groups in total. The number of hydrogen-bond donors (Lipinski definition) is 1. The molecular weight excluding hydrogens is 282 g/mol. The van der Waals surface area contributed by atoms with Gasteiger partial charge in [0, 0.05) is 6.54 Å². The second-order valence-corrected chi connectivity index (χ2v) is 6.14.